The Balaban J connectivity index is 0.901. The Bertz CT molecular complexity index is 4460. The molecule has 10 heterocycles. The molecule has 0 fully saturated rings. The predicted octanol–water partition coefficient (Wildman–Crippen LogP) is 12.6. The van der Waals surface area contributed by atoms with E-state index in [1.165, 1.54) is 54.1 Å². The van der Waals surface area contributed by atoms with Crippen molar-refractivity contribution < 1.29 is 18.6 Å². The fraction of sp³-hybridized carbons (Fsp3) is 0. The second kappa shape index (κ2) is 15.0. The molecule has 11 aromatic carbocycles. The van der Waals surface area contributed by atoms with Gasteiger partial charge >= 0.3 is 33.5 Å². The molecule has 370 valence electrons. The van der Waals surface area contributed by atoms with Crippen LogP contribution >= 0.6 is 23.2 Å². The van der Waals surface area contributed by atoms with Crippen LogP contribution in [0.3, 0.4) is 0 Å². The molecule has 11 aromatic rings. The zero-order chi connectivity index (χ0) is 52.1. The van der Waals surface area contributed by atoms with E-state index in [4.69, 9.17) is 18.6 Å². The van der Waals surface area contributed by atoms with Crippen LogP contribution in [0.1, 0.15) is 0 Å². The van der Waals surface area contributed by atoms with E-state index in [1.54, 1.807) is 0 Å². The Morgan fingerprint density at radius 3 is 1.06 bits per heavy atom. The molecule has 0 unspecified atom stereocenters. The molecule has 0 saturated heterocycles. The van der Waals surface area contributed by atoms with Crippen molar-refractivity contribution in [3.8, 4) is 89.8 Å². The summed E-state index contributed by atoms with van der Waals surface area (Å²) < 4.78 is 30.8. The van der Waals surface area contributed by atoms with Gasteiger partial charge in [-0.2, -0.15) is 0 Å². The minimum absolute atomic E-state index is 0.0809. The molecule has 0 atom stereocenters. The summed E-state index contributed by atoms with van der Waals surface area (Å²) in [7, 11) is -1.93. The lowest BCUT2D eigenvalue weighted by molar-refractivity contribution is 0.436. The third kappa shape index (κ3) is 5.17. The molecule has 0 aromatic heterocycles. The molecule has 15 heteroatoms. The summed E-state index contributed by atoms with van der Waals surface area (Å²) in [5.41, 5.74) is 28.3. The molecule has 21 rings (SSSR count). The highest BCUT2D eigenvalue weighted by molar-refractivity contribution is 8.27. The largest absolute Gasteiger partial charge is 0.634 e. The number of benzene rings is 11. The first-order chi connectivity index (χ1) is 40.2. The molecule has 0 aliphatic carbocycles. The van der Waals surface area contributed by atoms with Crippen LogP contribution in [0.4, 0.5) is 45.5 Å². The average Bonchev–Trinajstić information content (AvgIpc) is 1.36. The molecule has 10 aliphatic rings. The number of nitrogens with zero attached hydrogens (tertiary/aromatic N) is 4. The number of anilines is 8. The summed E-state index contributed by atoms with van der Waals surface area (Å²) >= 11 is 3.82. The molecule has 0 bridgehead atoms. The van der Waals surface area contributed by atoms with Crippen LogP contribution in [0.15, 0.2) is 222 Å². The summed E-state index contributed by atoms with van der Waals surface area (Å²) in [6.07, 6.45) is -0.162. The van der Waals surface area contributed by atoms with Gasteiger partial charge in [-0.25, -0.2) is 0 Å². The molecule has 0 amide bonds. The zero-order valence-electron chi connectivity index (χ0n) is 42.8. The van der Waals surface area contributed by atoms with Crippen LogP contribution in [0.5, 0.6) is 23.0 Å². The first-order valence-electron chi connectivity index (χ1n) is 27.8. The van der Waals surface area contributed by atoms with Gasteiger partial charge in [-0.05, 0) is 112 Å². The van der Waals surface area contributed by atoms with E-state index in [9.17, 15) is 0 Å². The minimum Gasteiger partial charge on any atom is -0.537 e. The van der Waals surface area contributed by atoms with Crippen molar-refractivity contribution in [3.05, 3.63) is 212 Å². The van der Waals surface area contributed by atoms with Crippen molar-refractivity contribution >= 4 is 130 Å². The van der Waals surface area contributed by atoms with E-state index in [0.29, 0.717) is 0 Å². The maximum atomic E-state index is 7.71. The summed E-state index contributed by atoms with van der Waals surface area (Å²) in [5.74, 6) is 3.32. The van der Waals surface area contributed by atoms with Crippen molar-refractivity contribution in [2.45, 2.75) is 9.79 Å². The SMILES string of the molecule is c1ccc(N2B3Sc4ccccc4-c4ccc5c(c43)-c3c2cc2c4c3B(O5)N(c3ccccc3)c3cc5c6c(c3-4)B(O2)Oc2cc3c4c(c2-6)B(Oc2ccc6c(c2-4)B(Sc2ccccc2-6)N3c2ccccc2)N5c2ccccc2)cc1. The first-order valence-corrected chi connectivity index (χ1v) is 29.5. The molecule has 8 nitrogen and oxygen atoms in total. The number of hydrogen-bond acceptors (Lipinski definition) is 10. The summed E-state index contributed by atoms with van der Waals surface area (Å²) in [6.45, 7) is 0. The van der Waals surface area contributed by atoms with E-state index in [1.807, 2.05) is 23.2 Å². The molecule has 0 spiro atoms. The van der Waals surface area contributed by atoms with Crippen LogP contribution in [0.25, 0.3) is 66.8 Å². The second-order valence-corrected chi connectivity index (χ2v) is 24.5. The standard InChI is InChI=1S/C66H35B5N4O4S2/c1-5-17-36(18-6-1)72-44-33-45-57-61-51(35-47-55-59-49(77-68(65(55)61)73(45)37-19-7-2-8-20-37)32-30-43-41-26-14-16-28-53(41)81-70(63(43)59)75(47)39-23-11-4-12-24-39)79-71-66(57)56(44)60-50(78-71)34-46-54-58-48(76-67(72)64(54)60)31-29-42-40-25-13-15-27-52(40)80-69(62(42)58)74(46)38-21-9-3-10-22-38/h1-35H. The highest BCUT2D eigenvalue weighted by atomic mass is 32.2. The van der Waals surface area contributed by atoms with Gasteiger partial charge in [0.2, 0.25) is 0 Å². The first kappa shape index (κ1) is 42.7. The molecule has 10 aliphatic heterocycles. The fourth-order valence-electron chi connectivity index (χ4n) is 15.5. The molecule has 0 N–H and O–H groups in total. The fourth-order valence-corrected chi connectivity index (χ4v) is 18.3. The van der Waals surface area contributed by atoms with E-state index >= 15 is 0 Å². The van der Waals surface area contributed by atoms with Gasteiger partial charge in [0, 0.05) is 128 Å². The van der Waals surface area contributed by atoms with Crippen LogP contribution in [-0.4, -0.2) is 33.5 Å². The van der Waals surface area contributed by atoms with Gasteiger partial charge in [0.15, 0.2) is 0 Å². The highest BCUT2D eigenvalue weighted by Crippen LogP contribution is 2.63. The van der Waals surface area contributed by atoms with Crippen molar-refractivity contribution in [1.29, 1.82) is 0 Å². The zero-order valence-corrected chi connectivity index (χ0v) is 44.5. The van der Waals surface area contributed by atoms with Crippen LogP contribution in [0.2, 0.25) is 0 Å². The number of rotatable bonds is 4. The highest BCUT2D eigenvalue weighted by Gasteiger charge is 2.60. The maximum absolute atomic E-state index is 7.71. The van der Waals surface area contributed by atoms with E-state index in [0.717, 1.165) is 118 Å². The van der Waals surface area contributed by atoms with Crippen LogP contribution < -0.4 is 65.2 Å². The van der Waals surface area contributed by atoms with Crippen LogP contribution in [0, 0.1) is 0 Å². The molecule has 81 heavy (non-hydrogen) atoms. The monoisotopic (exact) mass is 1070 g/mol. The third-order valence-electron chi connectivity index (χ3n) is 18.5. The Morgan fingerprint density at radius 1 is 0.272 bits per heavy atom. The molecule has 0 saturated carbocycles. The summed E-state index contributed by atoms with van der Waals surface area (Å²) in [5, 5.41) is 0. The molecule has 0 radical (unpaired) electrons. The van der Waals surface area contributed by atoms with Crippen molar-refractivity contribution in [2.75, 3.05) is 19.2 Å². The molecular weight excluding hydrogens is 1030 g/mol. The Kier molecular flexibility index (Phi) is 7.91. The summed E-state index contributed by atoms with van der Waals surface area (Å²) in [6, 6.07) is 77.3. The second-order valence-electron chi connectivity index (χ2n) is 22.3. The lowest BCUT2D eigenvalue weighted by atomic mass is 9.50. The van der Waals surface area contributed by atoms with Gasteiger partial charge in [-0.3, -0.25) is 0 Å². The van der Waals surface area contributed by atoms with Crippen molar-refractivity contribution in [1.82, 2.24) is 0 Å². The quantitative estimate of drug-likeness (QED) is 0.159. The van der Waals surface area contributed by atoms with Gasteiger partial charge in [-0.1, -0.05) is 121 Å². The smallest absolute Gasteiger partial charge is 0.537 e. The van der Waals surface area contributed by atoms with Gasteiger partial charge < -0.3 is 37.9 Å². The lowest BCUT2D eigenvalue weighted by Crippen LogP contribution is -2.64. The van der Waals surface area contributed by atoms with E-state index in [-0.39, 0.29) is 12.3 Å². The van der Waals surface area contributed by atoms with Crippen molar-refractivity contribution in [3.63, 3.8) is 0 Å². The molecular formula is C66H35B5N4O4S2. The Hall–Kier alpha value is -9.16. The Morgan fingerprint density at radius 2 is 0.630 bits per heavy atom. The van der Waals surface area contributed by atoms with Crippen molar-refractivity contribution in [2.24, 2.45) is 0 Å². The number of fused-ring (bicyclic) bond motifs is 4. The van der Waals surface area contributed by atoms with Gasteiger partial charge in [0.1, 0.15) is 23.0 Å². The third-order valence-corrected chi connectivity index (χ3v) is 21.0. The number of hydrogen-bond donors (Lipinski definition) is 0. The van der Waals surface area contributed by atoms with Crippen LogP contribution in [-0.2, 0) is 0 Å². The maximum Gasteiger partial charge on any atom is 0.634 e. The lowest BCUT2D eigenvalue weighted by Gasteiger charge is -2.52. The van der Waals surface area contributed by atoms with Gasteiger partial charge in [0.25, 0.3) is 0 Å². The van der Waals surface area contributed by atoms with Gasteiger partial charge in [-0.15, -0.1) is 23.2 Å². The summed E-state index contributed by atoms with van der Waals surface area (Å²) in [4.78, 5) is 12.5. The Labute approximate surface area is 476 Å². The normalized spacial score (nSPS) is 15.7. The van der Waals surface area contributed by atoms with Gasteiger partial charge in [0.05, 0.1) is 0 Å². The number of para-hydroxylation sites is 4. The minimum atomic E-state index is -0.806. The van der Waals surface area contributed by atoms with E-state index < -0.39 is 21.2 Å². The average molecular weight is 1070 g/mol. The topological polar surface area (TPSA) is 49.9 Å². The van der Waals surface area contributed by atoms with E-state index in [2.05, 4.69) is 232 Å². The predicted molar refractivity (Wildman–Crippen MR) is 335 cm³/mol.